The number of rotatable bonds is 4. The van der Waals surface area contributed by atoms with Gasteiger partial charge in [0.2, 0.25) is 0 Å². The van der Waals surface area contributed by atoms with Gasteiger partial charge in [0, 0.05) is 31.5 Å². The zero-order valence-corrected chi connectivity index (χ0v) is 12.9. The van der Waals surface area contributed by atoms with Gasteiger partial charge < -0.3 is 20.3 Å². The summed E-state index contributed by atoms with van der Waals surface area (Å²) in [6.45, 7) is 1.48. The normalized spacial score (nSPS) is 24.6. The summed E-state index contributed by atoms with van der Waals surface area (Å²) >= 11 is 0. The summed E-state index contributed by atoms with van der Waals surface area (Å²) in [4.78, 5) is 12.1. The third kappa shape index (κ3) is 3.40. The molecular weight excluding hydrogens is 282 g/mol. The first-order valence-corrected chi connectivity index (χ1v) is 8.34. The Kier molecular flexibility index (Phi) is 4.92. The van der Waals surface area contributed by atoms with Crippen molar-refractivity contribution in [3.05, 3.63) is 11.6 Å². The molecule has 1 aliphatic heterocycles. The number of hydrogen-bond donors (Lipinski definition) is 3. The van der Waals surface area contributed by atoms with Gasteiger partial charge in [-0.25, -0.2) is 4.79 Å². The van der Waals surface area contributed by atoms with Crippen LogP contribution in [-0.2, 0) is 19.5 Å². The molecular formula is C15H25N5O2. The number of carbonyl (C=O) groups excluding carboxylic acids is 1. The minimum absolute atomic E-state index is 0.0751. The van der Waals surface area contributed by atoms with Gasteiger partial charge in [-0.2, -0.15) is 0 Å². The van der Waals surface area contributed by atoms with Gasteiger partial charge in [-0.15, -0.1) is 10.2 Å². The van der Waals surface area contributed by atoms with E-state index in [0.717, 1.165) is 63.1 Å². The Bertz CT molecular complexity index is 516. The molecule has 0 radical (unpaired) electrons. The Morgan fingerprint density at radius 3 is 2.95 bits per heavy atom. The third-order valence-corrected chi connectivity index (χ3v) is 4.80. The van der Waals surface area contributed by atoms with Crippen LogP contribution in [0.5, 0.6) is 0 Å². The lowest BCUT2D eigenvalue weighted by Crippen LogP contribution is -2.47. The SMILES string of the molecule is O=C(NCc1nnc2n1CCCC2)NC1CCCCC1CO. The molecule has 1 fully saturated rings. The first-order chi connectivity index (χ1) is 10.8. The van der Waals surface area contributed by atoms with Crippen molar-refractivity contribution in [3.8, 4) is 0 Å². The van der Waals surface area contributed by atoms with Crippen molar-refractivity contribution in [2.45, 2.75) is 64.1 Å². The van der Waals surface area contributed by atoms with E-state index in [9.17, 15) is 9.90 Å². The van der Waals surface area contributed by atoms with Crippen molar-refractivity contribution < 1.29 is 9.90 Å². The van der Waals surface area contributed by atoms with Gasteiger partial charge in [0.05, 0.1) is 6.54 Å². The summed E-state index contributed by atoms with van der Waals surface area (Å²) in [5, 5.41) is 23.6. The summed E-state index contributed by atoms with van der Waals surface area (Å²) in [5.74, 6) is 2.03. The van der Waals surface area contributed by atoms with Crippen molar-refractivity contribution in [2.24, 2.45) is 5.92 Å². The predicted molar refractivity (Wildman–Crippen MR) is 81.2 cm³/mol. The summed E-state index contributed by atoms with van der Waals surface area (Å²) in [5.41, 5.74) is 0. The van der Waals surface area contributed by atoms with Crippen LogP contribution in [0.1, 0.15) is 50.2 Å². The quantitative estimate of drug-likeness (QED) is 0.772. The molecule has 1 aliphatic carbocycles. The monoisotopic (exact) mass is 307 g/mol. The highest BCUT2D eigenvalue weighted by molar-refractivity contribution is 5.74. The third-order valence-electron chi connectivity index (χ3n) is 4.80. The molecule has 3 rings (SSSR count). The zero-order valence-electron chi connectivity index (χ0n) is 12.9. The molecule has 1 aromatic rings. The Morgan fingerprint density at radius 2 is 2.09 bits per heavy atom. The van der Waals surface area contributed by atoms with Crippen LogP contribution in [0, 0.1) is 5.92 Å². The summed E-state index contributed by atoms with van der Waals surface area (Å²) in [6, 6.07) is -0.107. The van der Waals surface area contributed by atoms with Crippen molar-refractivity contribution in [2.75, 3.05) is 6.61 Å². The van der Waals surface area contributed by atoms with E-state index in [-0.39, 0.29) is 24.6 Å². The van der Waals surface area contributed by atoms with Gasteiger partial charge in [0.1, 0.15) is 5.82 Å². The fraction of sp³-hybridized carbons (Fsp3) is 0.800. The molecule has 2 unspecified atom stereocenters. The van der Waals surface area contributed by atoms with E-state index in [2.05, 4.69) is 25.4 Å². The molecule has 3 N–H and O–H groups in total. The van der Waals surface area contributed by atoms with Gasteiger partial charge in [0.15, 0.2) is 5.82 Å². The number of aliphatic hydroxyl groups is 1. The fourth-order valence-electron chi connectivity index (χ4n) is 3.49. The van der Waals surface area contributed by atoms with E-state index >= 15 is 0 Å². The smallest absolute Gasteiger partial charge is 0.315 e. The maximum Gasteiger partial charge on any atom is 0.315 e. The lowest BCUT2D eigenvalue weighted by atomic mass is 9.85. The number of amides is 2. The number of aryl methyl sites for hydroxylation is 1. The number of urea groups is 1. The summed E-state index contributed by atoms with van der Waals surface area (Å²) < 4.78 is 2.11. The zero-order chi connectivity index (χ0) is 15.4. The second kappa shape index (κ2) is 7.09. The van der Waals surface area contributed by atoms with Crippen LogP contribution in [0.2, 0.25) is 0 Å². The minimum Gasteiger partial charge on any atom is -0.396 e. The van der Waals surface area contributed by atoms with Crippen LogP contribution in [0.3, 0.4) is 0 Å². The second-order valence-corrected chi connectivity index (χ2v) is 6.30. The highest BCUT2D eigenvalue weighted by Gasteiger charge is 2.26. The number of nitrogens with one attached hydrogen (secondary N) is 2. The Morgan fingerprint density at radius 1 is 1.23 bits per heavy atom. The van der Waals surface area contributed by atoms with Crippen LogP contribution in [0.15, 0.2) is 0 Å². The predicted octanol–water partition coefficient (Wildman–Crippen LogP) is 0.965. The van der Waals surface area contributed by atoms with Crippen LogP contribution in [-0.4, -0.2) is 38.6 Å². The van der Waals surface area contributed by atoms with Crippen molar-refractivity contribution in [1.82, 2.24) is 25.4 Å². The first kappa shape index (κ1) is 15.3. The number of fused-ring (bicyclic) bond motifs is 1. The molecule has 22 heavy (non-hydrogen) atoms. The molecule has 0 aromatic carbocycles. The number of aliphatic hydroxyl groups excluding tert-OH is 1. The van der Waals surface area contributed by atoms with Crippen LogP contribution in [0.4, 0.5) is 4.79 Å². The maximum atomic E-state index is 12.1. The lowest BCUT2D eigenvalue weighted by molar-refractivity contribution is 0.153. The number of aromatic nitrogens is 3. The molecule has 122 valence electrons. The van der Waals surface area contributed by atoms with E-state index in [1.807, 2.05) is 0 Å². The molecule has 0 bridgehead atoms. The van der Waals surface area contributed by atoms with Gasteiger partial charge in [0.25, 0.3) is 0 Å². The molecule has 2 aliphatic rings. The van der Waals surface area contributed by atoms with Crippen molar-refractivity contribution >= 4 is 6.03 Å². The Hall–Kier alpha value is -1.63. The topological polar surface area (TPSA) is 92.1 Å². The number of nitrogens with zero attached hydrogens (tertiary/aromatic N) is 3. The largest absolute Gasteiger partial charge is 0.396 e. The van der Waals surface area contributed by atoms with Crippen molar-refractivity contribution in [3.63, 3.8) is 0 Å². The van der Waals surface area contributed by atoms with Gasteiger partial charge in [-0.1, -0.05) is 12.8 Å². The standard InChI is InChI=1S/C15H25N5O2/c21-10-11-5-1-2-6-12(11)17-15(22)16-9-14-19-18-13-7-3-4-8-20(13)14/h11-12,21H,1-10H2,(H2,16,17,22). The second-order valence-electron chi connectivity index (χ2n) is 6.30. The van der Waals surface area contributed by atoms with E-state index < -0.39 is 0 Å². The number of hydrogen-bond acceptors (Lipinski definition) is 4. The minimum atomic E-state index is -0.182. The van der Waals surface area contributed by atoms with E-state index in [1.165, 1.54) is 0 Å². The van der Waals surface area contributed by atoms with Gasteiger partial charge in [-0.3, -0.25) is 0 Å². The molecule has 2 atom stereocenters. The molecule has 2 amide bonds. The molecule has 2 heterocycles. The fourth-order valence-corrected chi connectivity index (χ4v) is 3.49. The van der Waals surface area contributed by atoms with Gasteiger partial charge in [-0.05, 0) is 25.7 Å². The maximum absolute atomic E-state index is 12.1. The van der Waals surface area contributed by atoms with E-state index in [1.54, 1.807) is 0 Å². The molecule has 7 nitrogen and oxygen atoms in total. The highest BCUT2D eigenvalue weighted by atomic mass is 16.3. The van der Waals surface area contributed by atoms with Crippen molar-refractivity contribution in [1.29, 1.82) is 0 Å². The molecule has 7 heteroatoms. The average molecular weight is 307 g/mol. The van der Waals surface area contributed by atoms with Crippen LogP contribution < -0.4 is 10.6 Å². The van der Waals surface area contributed by atoms with Crippen LogP contribution >= 0.6 is 0 Å². The van der Waals surface area contributed by atoms with Gasteiger partial charge >= 0.3 is 6.03 Å². The summed E-state index contributed by atoms with van der Waals surface area (Å²) in [7, 11) is 0. The molecule has 0 saturated heterocycles. The molecule has 0 spiro atoms. The molecule has 1 saturated carbocycles. The molecule has 1 aromatic heterocycles. The Balaban J connectivity index is 1.51. The number of carbonyl (C=O) groups is 1. The average Bonchev–Trinajstić information content (AvgIpc) is 2.97. The summed E-state index contributed by atoms with van der Waals surface area (Å²) in [6.07, 6.45) is 7.45. The lowest BCUT2D eigenvalue weighted by Gasteiger charge is -2.30. The first-order valence-electron chi connectivity index (χ1n) is 8.34. The van der Waals surface area contributed by atoms with Crippen LogP contribution in [0.25, 0.3) is 0 Å². The highest BCUT2D eigenvalue weighted by Crippen LogP contribution is 2.23. The Labute approximate surface area is 130 Å². The van der Waals surface area contributed by atoms with E-state index in [0.29, 0.717) is 6.54 Å². The van der Waals surface area contributed by atoms with E-state index in [4.69, 9.17) is 0 Å².